The number of hydrogen-bond donors (Lipinski definition) is 2. The van der Waals surface area contributed by atoms with Crippen molar-refractivity contribution in [3.63, 3.8) is 0 Å². The third-order valence-corrected chi connectivity index (χ3v) is 5.23. The van der Waals surface area contributed by atoms with E-state index < -0.39 is 0 Å². The summed E-state index contributed by atoms with van der Waals surface area (Å²) in [6.07, 6.45) is 5.52. The van der Waals surface area contributed by atoms with E-state index in [9.17, 15) is 4.79 Å². The Hall–Kier alpha value is -2.08. The molecule has 1 atom stereocenters. The predicted octanol–water partition coefficient (Wildman–Crippen LogP) is 2.22. The van der Waals surface area contributed by atoms with Crippen LogP contribution in [0.1, 0.15) is 39.0 Å². The number of likely N-dealkylation sites (tertiary alicyclic amines) is 1. The summed E-state index contributed by atoms with van der Waals surface area (Å²) in [6.45, 7) is 8.13. The number of amides is 1. The first kappa shape index (κ1) is 19.7. The van der Waals surface area contributed by atoms with Gasteiger partial charge in [-0.05, 0) is 64.4 Å². The standard InChI is InChI=1S/C21H33N5O/c1-2-22-21(23-12-6-7-13-25-14-8-9-15-25)24-18-16-20(27)26(17-18)19-10-4-3-5-11-19/h3-5,10-11,18H,2,6-9,12-17H2,1H3,(H2,22,23,24). The minimum Gasteiger partial charge on any atom is -0.357 e. The topological polar surface area (TPSA) is 60.0 Å². The van der Waals surface area contributed by atoms with Crippen LogP contribution in [0, 0.1) is 0 Å². The van der Waals surface area contributed by atoms with Gasteiger partial charge in [0, 0.05) is 31.7 Å². The maximum Gasteiger partial charge on any atom is 0.229 e. The maximum absolute atomic E-state index is 12.4. The zero-order valence-corrected chi connectivity index (χ0v) is 16.5. The van der Waals surface area contributed by atoms with Crippen molar-refractivity contribution in [3.05, 3.63) is 30.3 Å². The molecule has 6 nitrogen and oxygen atoms in total. The molecule has 0 aliphatic carbocycles. The second-order valence-electron chi connectivity index (χ2n) is 7.40. The number of para-hydroxylation sites is 1. The maximum atomic E-state index is 12.4. The summed E-state index contributed by atoms with van der Waals surface area (Å²) in [7, 11) is 0. The Morgan fingerprint density at radius 3 is 2.70 bits per heavy atom. The summed E-state index contributed by atoms with van der Waals surface area (Å²) in [4.78, 5) is 21.5. The lowest BCUT2D eigenvalue weighted by atomic mass is 10.2. The molecule has 3 rings (SSSR count). The highest BCUT2D eigenvalue weighted by atomic mass is 16.2. The van der Waals surface area contributed by atoms with Gasteiger partial charge in [-0.2, -0.15) is 0 Å². The van der Waals surface area contributed by atoms with Crippen LogP contribution in [-0.4, -0.2) is 62.1 Å². The van der Waals surface area contributed by atoms with Crippen molar-refractivity contribution in [2.24, 2.45) is 4.99 Å². The molecule has 2 saturated heterocycles. The lowest BCUT2D eigenvalue weighted by Gasteiger charge is -2.19. The summed E-state index contributed by atoms with van der Waals surface area (Å²) in [5, 5.41) is 6.75. The molecule has 6 heteroatoms. The highest BCUT2D eigenvalue weighted by molar-refractivity contribution is 5.97. The zero-order valence-electron chi connectivity index (χ0n) is 16.5. The van der Waals surface area contributed by atoms with Gasteiger partial charge < -0.3 is 20.4 Å². The van der Waals surface area contributed by atoms with Crippen molar-refractivity contribution in [3.8, 4) is 0 Å². The molecular formula is C21H33N5O. The van der Waals surface area contributed by atoms with Gasteiger partial charge in [-0.15, -0.1) is 0 Å². The molecule has 27 heavy (non-hydrogen) atoms. The van der Waals surface area contributed by atoms with Gasteiger partial charge in [0.2, 0.25) is 5.91 Å². The van der Waals surface area contributed by atoms with Gasteiger partial charge in [0.25, 0.3) is 0 Å². The molecule has 1 unspecified atom stereocenters. The number of nitrogens with one attached hydrogen (secondary N) is 2. The molecule has 148 valence electrons. The van der Waals surface area contributed by atoms with Gasteiger partial charge in [0.1, 0.15) is 0 Å². The molecule has 0 radical (unpaired) electrons. The van der Waals surface area contributed by atoms with Crippen LogP contribution in [0.3, 0.4) is 0 Å². The van der Waals surface area contributed by atoms with Crippen LogP contribution in [0.15, 0.2) is 35.3 Å². The number of rotatable bonds is 8. The summed E-state index contributed by atoms with van der Waals surface area (Å²) in [6, 6.07) is 9.98. The fourth-order valence-electron chi connectivity index (χ4n) is 3.82. The van der Waals surface area contributed by atoms with Crippen molar-refractivity contribution < 1.29 is 4.79 Å². The molecule has 2 aliphatic heterocycles. The first-order valence-corrected chi connectivity index (χ1v) is 10.4. The van der Waals surface area contributed by atoms with E-state index in [1.165, 1.54) is 38.9 Å². The van der Waals surface area contributed by atoms with Crippen molar-refractivity contribution in [1.29, 1.82) is 0 Å². The van der Waals surface area contributed by atoms with Crippen molar-refractivity contribution >= 4 is 17.6 Å². The fourth-order valence-corrected chi connectivity index (χ4v) is 3.82. The Balaban J connectivity index is 1.45. The average Bonchev–Trinajstić information content (AvgIpc) is 3.32. The Morgan fingerprint density at radius 1 is 1.19 bits per heavy atom. The molecule has 0 spiro atoms. The van der Waals surface area contributed by atoms with Gasteiger partial charge in [0.15, 0.2) is 5.96 Å². The van der Waals surface area contributed by atoms with Gasteiger partial charge in [-0.25, -0.2) is 0 Å². The van der Waals surface area contributed by atoms with E-state index in [4.69, 9.17) is 4.99 Å². The van der Waals surface area contributed by atoms with E-state index in [2.05, 4.69) is 22.5 Å². The number of unbranched alkanes of at least 4 members (excludes halogenated alkanes) is 1. The van der Waals surface area contributed by atoms with E-state index in [1.807, 2.05) is 35.2 Å². The van der Waals surface area contributed by atoms with Crippen LogP contribution in [-0.2, 0) is 4.79 Å². The van der Waals surface area contributed by atoms with Crippen LogP contribution in [0.5, 0.6) is 0 Å². The Labute approximate surface area is 163 Å². The number of hydrogen-bond acceptors (Lipinski definition) is 3. The van der Waals surface area contributed by atoms with Gasteiger partial charge in [-0.1, -0.05) is 18.2 Å². The van der Waals surface area contributed by atoms with Crippen molar-refractivity contribution in [2.45, 2.75) is 45.1 Å². The third-order valence-electron chi connectivity index (χ3n) is 5.23. The average molecular weight is 372 g/mol. The largest absolute Gasteiger partial charge is 0.357 e. The number of guanidine groups is 1. The monoisotopic (exact) mass is 371 g/mol. The Bertz CT molecular complexity index is 612. The van der Waals surface area contributed by atoms with Crippen LogP contribution >= 0.6 is 0 Å². The third kappa shape index (κ3) is 5.96. The second-order valence-corrected chi connectivity index (χ2v) is 7.40. The molecule has 2 aliphatic rings. The Morgan fingerprint density at radius 2 is 1.96 bits per heavy atom. The number of carbonyl (C=O) groups excluding carboxylic acids is 1. The van der Waals surface area contributed by atoms with E-state index >= 15 is 0 Å². The van der Waals surface area contributed by atoms with Crippen molar-refractivity contribution in [2.75, 3.05) is 44.2 Å². The molecular weight excluding hydrogens is 338 g/mol. The number of benzene rings is 1. The highest BCUT2D eigenvalue weighted by Crippen LogP contribution is 2.20. The normalized spacial score (nSPS) is 21.1. The van der Waals surface area contributed by atoms with Crippen LogP contribution in [0.2, 0.25) is 0 Å². The summed E-state index contributed by atoms with van der Waals surface area (Å²) in [5.41, 5.74) is 0.968. The number of anilines is 1. The van der Waals surface area contributed by atoms with Gasteiger partial charge in [0.05, 0.1) is 6.04 Å². The van der Waals surface area contributed by atoms with E-state index in [1.54, 1.807) is 0 Å². The summed E-state index contributed by atoms with van der Waals surface area (Å²) >= 11 is 0. The molecule has 2 N–H and O–H groups in total. The fraction of sp³-hybridized carbons (Fsp3) is 0.619. The molecule has 0 bridgehead atoms. The first-order valence-electron chi connectivity index (χ1n) is 10.4. The molecule has 0 saturated carbocycles. The quantitative estimate of drug-likeness (QED) is 0.418. The second kappa shape index (κ2) is 10.3. The molecule has 1 amide bonds. The van der Waals surface area contributed by atoms with Gasteiger partial charge >= 0.3 is 0 Å². The van der Waals surface area contributed by atoms with Gasteiger partial charge in [-0.3, -0.25) is 9.79 Å². The molecule has 2 fully saturated rings. The summed E-state index contributed by atoms with van der Waals surface area (Å²) in [5.74, 6) is 0.992. The summed E-state index contributed by atoms with van der Waals surface area (Å²) < 4.78 is 0. The van der Waals surface area contributed by atoms with Crippen LogP contribution < -0.4 is 15.5 Å². The highest BCUT2D eigenvalue weighted by Gasteiger charge is 2.31. The molecule has 1 aromatic rings. The van der Waals surface area contributed by atoms with Crippen LogP contribution in [0.25, 0.3) is 0 Å². The Kier molecular flexibility index (Phi) is 7.51. The van der Waals surface area contributed by atoms with Crippen molar-refractivity contribution in [1.82, 2.24) is 15.5 Å². The van der Waals surface area contributed by atoms with Crippen LogP contribution in [0.4, 0.5) is 5.69 Å². The van der Waals surface area contributed by atoms with E-state index in [-0.39, 0.29) is 11.9 Å². The first-order chi connectivity index (χ1) is 13.3. The number of aliphatic imine (C=N–C) groups is 1. The minimum absolute atomic E-state index is 0.0973. The van der Waals surface area contributed by atoms with E-state index in [0.29, 0.717) is 13.0 Å². The smallest absolute Gasteiger partial charge is 0.229 e. The molecule has 1 aromatic carbocycles. The van der Waals surface area contributed by atoms with E-state index in [0.717, 1.165) is 31.2 Å². The zero-order chi connectivity index (χ0) is 18.9. The number of carbonyl (C=O) groups is 1. The lowest BCUT2D eigenvalue weighted by molar-refractivity contribution is -0.117. The number of nitrogens with zero attached hydrogens (tertiary/aromatic N) is 3. The predicted molar refractivity (Wildman–Crippen MR) is 111 cm³/mol. The molecule has 0 aromatic heterocycles. The SMILES string of the molecule is CCNC(=NCCCCN1CCCC1)NC1CC(=O)N(c2ccccc2)C1. The minimum atomic E-state index is 0.0973. The lowest BCUT2D eigenvalue weighted by Crippen LogP contribution is -2.44. The molecule has 2 heterocycles.